The summed E-state index contributed by atoms with van der Waals surface area (Å²) in [4.78, 5) is 27.5. The monoisotopic (exact) mass is 377 g/mol. The van der Waals surface area contributed by atoms with E-state index in [1.807, 2.05) is 13.0 Å². The molecule has 0 N–H and O–H groups in total. The molecule has 2 aliphatic carbocycles. The van der Waals surface area contributed by atoms with Crippen LogP contribution in [0.5, 0.6) is 0 Å². The normalized spacial score (nSPS) is 34.7. The summed E-state index contributed by atoms with van der Waals surface area (Å²) in [6, 6.07) is 8.59. The highest BCUT2D eigenvalue weighted by Gasteiger charge is 2.54. The Balaban J connectivity index is 1.38. The number of nitrogens with zero attached hydrogens (tertiary/aromatic N) is 1. The molecule has 4 heteroatoms. The Hall–Kier alpha value is -2.20. The maximum absolute atomic E-state index is 12.9. The lowest BCUT2D eigenvalue weighted by Gasteiger charge is -2.43. The first-order valence-corrected chi connectivity index (χ1v) is 10.4. The van der Waals surface area contributed by atoms with Crippen LogP contribution < -0.4 is 0 Å². The summed E-state index contributed by atoms with van der Waals surface area (Å²) >= 11 is 0. The van der Waals surface area contributed by atoms with E-state index in [4.69, 9.17) is 4.74 Å². The smallest absolute Gasteiger partial charge is 0.311 e. The summed E-state index contributed by atoms with van der Waals surface area (Å²) in [6.07, 6.45) is 6.46. The number of allylic oxidation sites excluding steroid dienone is 3. The van der Waals surface area contributed by atoms with Crippen molar-refractivity contribution >= 4 is 11.8 Å². The average Bonchev–Trinajstić information content (AvgIpc) is 3.00. The highest BCUT2D eigenvalue weighted by atomic mass is 16.6. The molecule has 0 spiro atoms. The van der Waals surface area contributed by atoms with Gasteiger partial charge in [-0.15, -0.1) is 0 Å². The van der Waals surface area contributed by atoms with Crippen molar-refractivity contribution in [3.63, 3.8) is 0 Å². The molecule has 1 saturated heterocycles. The van der Waals surface area contributed by atoms with Gasteiger partial charge in [-0.25, -0.2) is 0 Å². The molecule has 0 amide bonds. The second-order valence-corrected chi connectivity index (χ2v) is 9.07. The molecule has 5 rings (SSSR count). The molecule has 0 unspecified atom stereocenters. The molecule has 0 radical (unpaired) electrons. The second-order valence-electron chi connectivity index (χ2n) is 9.07. The van der Waals surface area contributed by atoms with Crippen LogP contribution in [0.2, 0.25) is 0 Å². The van der Waals surface area contributed by atoms with Gasteiger partial charge in [0.05, 0.1) is 5.92 Å². The molecule has 2 fully saturated rings. The van der Waals surface area contributed by atoms with Crippen LogP contribution in [0.3, 0.4) is 0 Å². The number of hydrogen-bond acceptors (Lipinski definition) is 4. The Morgan fingerprint density at radius 3 is 2.82 bits per heavy atom. The van der Waals surface area contributed by atoms with Gasteiger partial charge in [0.2, 0.25) is 0 Å². The molecule has 1 aromatic rings. The van der Waals surface area contributed by atoms with Gasteiger partial charge in [-0.3, -0.25) is 14.5 Å². The number of hydrogen-bond donors (Lipinski definition) is 0. The fourth-order valence-electron chi connectivity index (χ4n) is 5.77. The predicted molar refractivity (Wildman–Crippen MR) is 106 cm³/mol. The molecular formula is C24H27NO3. The number of benzene rings is 1. The number of fused-ring (bicyclic) bond motifs is 4. The van der Waals surface area contributed by atoms with Gasteiger partial charge >= 0.3 is 5.97 Å². The third-order valence-electron chi connectivity index (χ3n) is 7.39. The van der Waals surface area contributed by atoms with Gasteiger partial charge in [0.15, 0.2) is 5.78 Å². The molecule has 146 valence electrons. The standard InChI is InChI=1S/C24H27NO3/c1-15-20(26)8-11-24(2)10-7-18-19(23(27)28-22(18)21(15)24)14-25-12-9-16-5-3-4-6-17(16)13-25/h3-6,8,11,18-19,22H,7,9-10,12-14H2,1-2H3/t18-,19+,22-,24-/m0/s1. The summed E-state index contributed by atoms with van der Waals surface area (Å²) in [5.41, 5.74) is 4.47. The minimum absolute atomic E-state index is 0.0558. The molecule has 0 aromatic heterocycles. The van der Waals surface area contributed by atoms with Gasteiger partial charge in [0, 0.05) is 36.5 Å². The van der Waals surface area contributed by atoms with E-state index in [1.54, 1.807) is 6.08 Å². The van der Waals surface area contributed by atoms with Crippen molar-refractivity contribution in [3.05, 3.63) is 58.7 Å². The number of carbonyl (C=O) groups is 2. The third kappa shape index (κ3) is 2.69. The topological polar surface area (TPSA) is 46.6 Å². The maximum atomic E-state index is 12.9. The van der Waals surface area contributed by atoms with Crippen molar-refractivity contribution < 1.29 is 14.3 Å². The molecule has 4 atom stereocenters. The lowest BCUT2D eigenvalue weighted by atomic mass is 9.61. The van der Waals surface area contributed by atoms with E-state index in [-0.39, 0.29) is 35.1 Å². The van der Waals surface area contributed by atoms with Crippen molar-refractivity contribution in [1.82, 2.24) is 4.90 Å². The Labute approximate surface area is 166 Å². The van der Waals surface area contributed by atoms with E-state index >= 15 is 0 Å². The number of ketones is 1. The zero-order chi connectivity index (χ0) is 19.5. The van der Waals surface area contributed by atoms with Crippen LogP contribution in [-0.4, -0.2) is 35.8 Å². The van der Waals surface area contributed by atoms with Gasteiger partial charge in [-0.2, -0.15) is 0 Å². The van der Waals surface area contributed by atoms with Crippen molar-refractivity contribution in [2.45, 2.75) is 45.8 Å². The van der Waals surface area contributed by atoms with Gasteiger partial charge < -0.3 is 4.74 Å². The highest BCUT2D eigenvalue weighted by molar-refractivity contribution is 6.05. The minimum atomic E-state index is -0.234. The molecule has 2 heterocycles. The Bertz CT molecular complexity index is 914. The first kappa shape index (κ1) is 17.9. The van der Waals surface area contributed by atoms with Crippen LogP contribution in [0.25, 0.3) is 0 Å². The molecule has 28 heavy (non-hydrogen) atoms. The molecule has 0 bridgehead atoms. The van der Waals surface area contributed by atoms with Crippen molar-refractivity contribution in [1.29, 1.82) is 0 Å². The summed E-state index contributed by atoms with van der Waals surface area (Å²) in [5, 5.41) is 0. The summed E-state index contributed by atoms with van der Waals surface area (Å²) in [5.74, 6) is 0.0591. The quantitative estimate of drug-likeness (QED) is 0.741. The van der Waals surface area contributed by atoms with Crippen LogP contribution >= 0.6 is 0 Å². The molecule has 2 aliphatic heterocycles. The fraction of sp³-hybridized carbons (Fsp3) is 0.500. The van der Waals surface area contributed by atoms with E-state index < -0.39 is 0 Å². The van der Waals surface area contributed by atoms with Gasteiger partial charge in [-0.05, 0) is 49.0 Å². The number of rotatable bonds is 2. The molecule has 4 nitrogen and oxygen atoms in total. The van der Waals surface area contributed by atoms with Crippen molar-refractivity contribution in [2.75, 3.05) is 13.1 Å². The SMILES string of the molecule is CC1=C2[C@H]3OC(=O)[C@H](CN4CCc5ccccc5C4)[C@@H]3CC[C@@]2(C)C=CC1=O. The Morgan fingerprint density at radius 2 is 2.00 bits per heavy atom. The van der Waals surface area contributed by atoms with Crippen LogP contribution in [0.15, 0.2) is 47.6 Å². The van der Waals surface area contributed by atoms with E-state index in [0.717, 1.165) is 50.0 Å². The molecule has 4 aliphatic rings. The van der Waals surface area contributed by atoms with E-state index in [1.165, 1.54) is 11.1 Å². The van der Waals surface area contributed by atoms with Crippen LogP contribution in [0, 0.1) is 17.3 Å². The summed E-state index contributed by atoms with van der Waals surface area (Å²) in [7, 11) is 0. The number of ether oxygens (including phenoxy) is 1. The van der Waals surface area contributed by atoms with Crippen LogP contribution in [0.1, 0.15) is 37.8 Å². The first-order valence-electron chi connectivity index (χ1n) is 10.4. The Kier molecular flexibility index (Phi) is 4.09. The van der Waals surface area contributed by atoms with Gasteiger partial charge in [-0.1, -0.05) is 37.3 Å². The largest absolute Gasteiger partial charge is 0.457 e. The maximum Gasteiger partial charge on any atom is 0.311 e. The average molecular weight is 377 g/mol. The fourth-order valence-corrected chi connectivity index (χ4v) is 5.77. The first-order chi connectivity index (χ1) is 13.5. The van der Waals surface area contributed by atoms with Crippen LogP contribution in [0.4, 0.5) is 0 Å². The highest BCUT2D eigenvalue weighted by Crippen LogP contribution is 2.53. The van der Waals surface area contributed by atoms with Gasteiger partial charge in [0.1, 0.15) is 6.10 Å². The Morgan fingerprint density at radius 1 is 1.21 bits per heavy atom. The van der Waals surface area contributed by atoms with E-state index in [2.05, 4.69) is 36.1 Å². The zero-order valence-electron chi connectivity index (χ0n) is 16.6. The van der Waals surface area contributed by atoms with Crippen LogP contribution in [-0.2, 0) is 27.3 Å². The molecular weight excluding hydrogens is 350 g/mol. The summed E-state index contributed by atoms with van der Waals surface area (Å²) < 4.78 is 5.93. The second kappa shape index (κ2) is 6.41. The summed E-state index contributed by atoms with van der Waals surface area (Å²) in [6.45, 7) is 6.70. The van der Waals surface area contributed by atoms with Crippen molar-refractivity contribution in [2.24, 2.45) is 17.3 Å². The van der Waals surface area contributed by atoms with Crippen molar-refractivity contribution in [3.8, 4) is 0 Å². The lowest BCUT2D eigenvalue weighted by Crippen LogP contribution is -2.42. The van der Waals surface area contributed by atoms with Gasteiger partial charge in [0.25, 0.3) is 0 Å². The molecule has 1 aromatic carbocycles. The lowest BCUT2D eigenvalue weighted by molar-refractivity contribution is -0.144. The number of esters is 1. The third-order valence-corrected chi connectivity index (χ3v) is 7.39. The molecule has 1 saturated carbocycles. The number of carbonyl (C=O) groups excluding carboxylic acids is 2. The van der Waals surface area contributed by atoms with E-state index in [0.29, 0.717) is 0 Å². The van der Waals surface area contributed by atoms with E-state index in [9.17, 15) is 9.59 Å². The zero-order valence-corrected chi connectivity index (χ0v) is 16.6. The minimum Gasteiger partial charge on any atom is -0.457 e. The predicted octanol–water partition coefficient (Wildman–Crippen LogP) is 3.46.